The van der Waals surface area contributed by atoms with Gasteiger partial charge < -0.3 is 10.6 Å². The Hall–Kier alpha value is -1.35. The van der Waals surface area contributed by atoms with Crippen molar-refractivity contribution in [3.05, 3.63) is 29.8 Å². The van der Waals surface area contributed by atoms with Gasteiger partial charge in [-0.25, -0.2) is 0 Å². The number of carbonyl (C=O) groups excluding carboxylic acids is 1. The lowest BCUT2D eigenvalue weighted by Gasteiger charge is -2.29. The second-order valence-corrected chi connectivity index (χ2v) is 4.93. The molecule has 0 bridgehead atoms. The van der Waals surface area contributed by atoms with Crippen LogP contribution in [0.15, 0.2) is 24.3 Å². The summed E-state index contributed by atoms with van der Waals surface area (Å²) in [7, 11) is 1.81. The van der Waals surface area contributed by atoms with Crippen LogP contribution in [0.1, 0.15) is 32.8 Å². The zero-order chi connectivity index (χ0) is 13.1. The first-order valence-electron chi connectivity index (χ1n) is 6.00. The van der Waals surface area contributed by atoms with E-state index < -0.39 is 0 Å². The van der Waals surface area contributed by atoms with Crippen molar-refractivity contribution in [2.24, 2.45) is 11.1 Å². The molecule has 0 heterocycles. The van der Waals surface area contributed by atoms with E-state index in [2.05, 4.69) is 0 Å². The van der Waals surface area contributed by atoms with Crippen LogP contribution >= 0.6 is 0 Å². The molecule has 17 heavy (non-hydrogen) atoms. The summed E-state index contributed by atoms with van der Waals surface area (Å²) < 4.78 is 0. The molecule has 0 saturated heterocycles. The minimum atomic E-state index is -0.337. The zero-order valence-electron chi connectivity index (χ0n) is 11.2. The lowest BCUT2D eigenvalue weighted by Crippen LogP contribution is -2.38. The van der Waals surface area contributed by atoms with Crippen LogP contribution in [0.4, 0.5) is 5.69 Å². The molecule has 0 aromatic heterocycles. The van der Waals surface area contributed by atoms with Gasteiger partial charge in [-0.1, -0.05) is 39.0 Å². The Morgan fingerprint density at radius 1 is 1.35 bits per heavy atom. The summed E-state index contributed by atoms with van der Waals surface area (Å²) in [4.78, 5) is 14.1. The molecule has 0 radical (unpaired) electrons. The number of hydrogen-bond acceptors (Lipinski definition) is 2. The summed E-state index contributed by atoms with van der Waals surface area (Å²) in [6.45, 7) is 6.41. The highest BCUT2D eigenvalue weighted by molar-refractivity contribution is 5.97. The molecule has 0 aliphatic rings. The Bertz CT molecular complexity index is 399. The summed E-state index contributed by atoms with van der Waals surface area (Å²) >= 11 is 0. The van der Waals surface area contributed by atoms with Gasteiger partial charge in [0.25, 0.3) is 0 Å². The average Bonchev–Trinajstić information content (AvgIpc) is 2.36. The van der Waals surface area contributed by atoms with E-state index in [-0.39, 0.29) is 11.3 Å². The van der Waals surface area contributed by atoms with Gasteiger partial charge >= 0.3 is 0 Å². The summed E-state index contributed by atoms with van der Waals surface area (Å²) in [6, 6.07) is 7.76. The number of benzene rings is 1. The van der Waals surface area contributed by atoms with Crippen LogP contribution in [0, 0.1) is 5.41 Å². The van der Waals surface area contributed by atoms with E-state index in [0.717, 1.165) is 17.7 Å². The number of rotatable bonds is 4. The SMILES string of the molecule is CCC(C)(C)C(=O)N(C)c1ccccc1CN. The molecule has 0 unspecified atom stereocenters. The predicted molar refractivity (Wildman–Crippen MR) is 71.8 cm³/mol. The molecule has 3 nitrogen and oxygen atoms in total. The molecule has 2 N–H and O–H groups in total. The van der Waals surface area contributed by atoms with Gasteiger partial charge in [0.1, 0.15) is 0 Å². The molecule has 1 rings (SSSR count). The third-order valence-corrected chi connectivity index (χ3v) is 3.34. The second kappa shape index (κ2) is 5.32. The minimum Gasteiger partial charge on any atom is -0.326 e. The lowest BCUT2D eigenvalue weighted by molar-refractivity contribution is -0.126. The molecular formula is C14H22N2O. The van der Waals surface area contributed by atoms with Gasteiger partial charge in [0.15, 0.2) is 0 Å². The van der Waals surface area contributed by atoms with Crippen molar-refractivity contribution in [1.29, 1.82) is 0 Å². The Balaban J connectivity index is 3.04. The Morgan fingerprint density at radius 2 is 1.94 bits per heavy atom. The number of anilines is 1. The summed E-state index contributed by atoms with van der Waals surface area (Å²) in [5.74, 6) is 0.126. The van der Waals surface area contributed by atoms with E-state index in [4.69, 9.17) is 5.73 Å². The fourth-order valence-electron chi connectivity index (χ4n) is 1.73. The largest absolute Gasteiger partial charge is 0.326 e. The molecule has 1 amide bonds. The van der Waals surface area contributed by atoms with Crippen LogP contribution < -0.4 is 10.6 Å². The van der Waals surface area contributed by atoms with Gasteiger partial charge in [0.05, 0.1) is 0 Å². The van der Waals surface area contributed by atoms with E-state index in [1.165, 1.54) is 0 Å². The molecule has 0 spiro atoms. The van der Waals surface area contributed by atoms with Gasteiger partial charge in [-0.3, -0.25) is 4.79 Å². The highest BCUT2D eigenvalue weighted by Gasteiger charge is 2.29. The van der Waals surface area contributed by atoms with E-state index in [0.29, 0.717) is 6.54 Å². The highest BCUT2D eigenvalue weighted by atomic mass is 16.2. The van der Waals surface area contributed by atoms with Gasteiger partial charge in [0, 0.05) is 24.7 Å². The predicted octanol–water partition coefficient (Wildman–Crippen LogP) is 2.54. The maximum Gasteiger partial charge on any atom is 0.232 e. The first-order valence-corrected chi connectivity index (χ1v) is 6.00. The third-order valence-electron chi connectivity index (χ3n) is 3.34. The number of para-hydroxylation sites is 1. The molecule has 94 valence electrons. The molecular weight excluding hydrogens is 212 g/mol. The van der Waals surface area contributed by atoms with E-state index in [9.17, 15) is 4.79 Å². The molecule has 0 aliphatic heterocycles. The zero-order valence-corrected chi connectivity index (χ0v) is 11.2. The van der Waals surface area contributed by atoms with Crippen molar-refractivity contribution in [2.75, 3.05) is 11.9 Å². The number of amides is 1. The molecule has 0 saturated carbocycles. The van der Waals surface area contributed by atoms with Gasteiger partial charge in [-0.05, 0) is 18.1 Å². The van der Waals surface area contributed by atoms with Crippen molar-refractivity contribution in [2.45, 2.75) is 33.7 Å². The number of hydrogen-bond donors (Lipinski definition) is 1. The Labute approximate surface area is 104 Å². The third kappa shape index (κ3) is 2.86. The van der Waals surface area contributed by atoms with Gasteiger partial charge in [-0.2, -0.15) is 0 Å². The van der Waals surface area contributed by atoms with Crippen LogP contribution in [-0.4, -0.2) is 13.0 Å². The van der Waals surface area contributed by atoms with Crippen LogP contribution in [0.2, 0.25) is 0 Å². The molecule has 1 aromatic carbocycles. The maximum atomic E-state index is 12.3. The van der Waals surface area contributed by atoms with Crippen molar-refractivity contribution in [3.63, 3.8) is 0 Å². The van der Waals surface area contributed by atoms with Gasteiger partial charge in [0.2, 0.25) is 5.91 Å². The summed E-state index contributed by atoms with van der Waals surface area (Å²) in [5.41, 5.74) is 7.26. The van der Waals surface area contributed by atoms with E-state index in [1.54, 1.807) is 4.90 Å². The number of carbonyl (C=O) groups is 1. The Kier molecular flexibility index (Phi) is 4.29. The smallest absolute Gasteiger partial charge is 0.232 e. The van der Waals surface area contributed by atoms with Gasteiger partial charge in [-0.15, -0.1) is 0 Å². The number of nitrogens with two attached hydrogens (primary N) is 1. The van der Waals surface area contributed by atoms with E-state index >= 15 is 0 Å². The molecule has 0 fully saturated rings. The first-order chi connectivity index (χ1) is 7.94. The summed E-state index contributed by atoms with van der Waals surface area (Å²) in [5, 5.41) is 0. The molecule has 0 atom stereocenters. The highest BCUT2D eigenvalue weighted by Crippen LogP contribution is 2.27. The van der Waals surface area contributed by atoms with Crippen molar-refractivity contribution in [3.8, 4) is 0 Å². The number of nitrogens with zero attached hydrogens (tertiary/aromatic N) is 1. The minimum absolute atomic E-state index is 0.126. The lowest BCUT2D eigenvalue weighted by atomic mass is 9.88. The van der Waals surface area contributed by atoms with Crippen molar-refractivity contribution >= 4 is 11.6 Å². The van der Waals surface area contributed by atoms with Crippen molar-refractivity contribution in [1.82, 2.24) is 0 Å². The fraction of sp³-hybridized carbons (Fsp3) is 0.500. The monoisotopic (exact) mass is 234 g/mol. The molecule has 1 aromatic rings. The van der Waals surface area contributed by atoms with E-state index in [1.807, 2.05) is 52.1 Å². The quantitative estimate of drug-likeness (QED) is 0.870. The second-order valence-electron chi connectivity index (χ2n) is 4.93. The molecule has 3 heteroatoms. The topological polar surface area (TPSA) is 46.3 Å². The van der Waals surface area contributed by atoms with Crippen LogP contribution in [0.25, 0.3) is 0 Å². The van der Waals surface area contributed by atoms with Crippen LogP contribution in [-0.2, 0) is 11.3 Å². The van der Waals surface area contributed by atoms with Crippen molar-refractivity contribution < 1.29 is 4.79 Å². The summed E-state index contributed by atoms with van der Waals surface area (Å²) in [6.07, 6.45) is 0.820. The maximum absolute atomic E-state index is 12.3. The normalized spacial score (nSPS) is 11.4. The first kappa shape index (κ1) is 13.7. The average molecular weight is 234 g/mol. The van der Waals surface area contributed by atoms with Crippen LogP contribution in [0.5, 0.6) is 0 Å². The standard InChI is InChI=1S/C14H22N2O/c1-5-14(2,3)13(17)16(4)12-9-7-6-8-11(12)10-15/h6-9H,5,10,15H2,1-4H3. The van der Waals surface area contributed by atoms with Crippen LogP contribution in [0.3, 0.4) is 0 Å². The Morgan fingerprint density at radius 3 is 2.47 bits per heavy atom. The fourth-order valence-corrected chi connectivity index (χ4v) is 1.73. The molecule has 0 aliphatic carbocycles.